The van der Waals surface area contributed by atoms with Gasteiger partial charge in [-0.15, -0.1) is 0 Å². The van der Waals surface area contributed by atoms with E-state index >= 15 is 0 Å². The lowest BCUT2D eigenvalue weighted by Crippen LogP contribution is -2.32. The van der Waals surface area contributed by atoms with Gasteiger partial charge >= 0.3 is 0 Å². The van der Waals surface area contributed by atoms with Crippen molar-refractivity contribution in [3.63, 3.8) is 0 Å². The fourth-order valence-electron chi connectivity index (χ4n) is 2.30. The number of hydrogen-bond donors (Lipinski definition) is 2. The number of carbonyl (C=O) groups excluding carboxylic acids is 1. The quantitative estimate of drug-likeness (QED) is 0.636. The number of hydrogen-bond acceptors (Lipinski definition) is 3. The van der Waals surface area contributed by atoms with Gasteiger partial charge in [0, 0.05) is 5.41 Å². The normalized spacial score (nSPS) is 36.1. The first-order valence-corrected chi connectivity index (χ1v) is 4.90. The van der Waals surface area contributed by atoms with Gasteiger partial charge in [-0.2, -0.15) is 0 Å². The summed E-state index contributed by atoms with van der Waals surface area (Å²) in [5, 5.41) is 18.0. The topological polar surface area (TPSA) is 57.5 Å². The molecule has 1 rings (SSSR count). The Balaban J connectivity index is 2.63. The van der Waals surface area contributed by atoms with E-state index in [9.17, 15) is 9.90 Å². The fourth-order valence-corrected chi connectivity index (χ4v) is 2.30. The second-order valence-electron chi connectivity index (χ2n) is 4.18. The number of carbonyl (C=O) groups is 1. The molecule has 3 heteroatoms. The summed E-state index contributed by atoms with van der Waals surface area (Å²) in [6, 6.07) is 0. The predicted octanol–water partition coefficient (Wildman–Crippen LogP) is 0.735. The van der Waals surface area contributed by atoms with E-state index in [0.29, 0.717) is 12.3 Å². The maximum absolute atomic E-state index is 11.0. The van der Waals surface area contributed by atoms with E-state index in [2.05, 4.69) is 0 Å². The smallest absolute Gasteiger partial charge is 0.126 e. The minimum atomic E-state index is -0.745. The summed E-state index contributed by atoms with van der Waals surface area (Å²) in [5.74, 6) is 0.339. The number of aliphatic hydroxyl groups is 2. The summed E-state index contributed by atoms with van der Waals surface area (Å²) in [4.78, 5) is 11.0. The van der Waals surface area contributed by atoms with E-state index < -0.39 is 6.10 Å². The molecule has 0 radical (unpaired) electrons. The van der Waals surface area contributed by atoms with Gasteiger partial charge in [0.05, 0.1) is 12.7 Å². The van der Waals surface area contributed by atoms with Crippen molar-refractivity contribution in [1.82, 2.24) is 0 Å². The lowest BCUT2D eigenvalue weighted by Gasteiger charge is -2.29. The Bertz CT molecular complexity index is 181. The number of aliphatic hydroxyl groups excluding tert-OH is 2. The zero-order valence-electron chi connectivity index (χ0n) is 8.07. The maximum Gasteiger partial charge on any atom is 0.126 e. The summed E-state index contributed by atoms with van der Waals surface area (Å²) in [7, 11) is 0. The van der Waals surface area contributed by atoms with Crippen molar-refractivity contribution in [2.75, 3.05) is 6.61 Å². The summed E-state index contributed by atoms with van der Waals surface area (Å²) in [6.45, 7) is 1.80. The molecule has 1 fully saturated rings. The van der Waals surface area contributed by atoms with Crippen LogP contribution in [0.3, 0.4) is 0 Å². The molecule has 0 heterocycles. The Morgan fingerprint density at radius 3 is 2.77 bits per heavy atom. The zero-order valence-corrected chi connectivity index (χ0v) is 8.07. The highest BCUT2D eigenvalue weighted by Crippen LogP contribution is 2.44. The fraction of sp³-hybridized carbons (Fsp3) is 0.900. The Morgan fingerprint density at radius 2 is 2.38 bits per heavy atom. The molecule has 13 heavy (non-hydrogen) atoms. The van der Waals surface area contributed by atoms with Crippen LogP contribution in [-0.2, 0) is 4.79 Å². The Labute approximate surface area is 78.8 Å². The standard InChI is InChI=1S/C10H18O3/c1-8-3-2-4-10(8,7-12)5-9(13)6-11/h7-9,11,13H,2-6H2,1H3. The van der Waals surface area contributed by atoms with Gasteiger partial charge in [-0.1, -0.05) is 13.3 Å². The van der Waals surface area contributed by atoms with Gasteiger partial charge in [0.2, 0.25) is 0 Å². The zero-order chi connectivity index (χ0) is 9.90. The minimum absolute atomic E-state index is 0.248. The van der Waals surface area contributed by atoms with E-state index in [0.717, 1.165) is 25.5 Å². The number of aldehydes is 1. The first-order valence-electron chi connectivity index (χ1n) is 4.90. The second-order valence-corrected chi connectivity index (χ2v) is 4.18. The summed E-state index contributed by atoms with van der Waals surface area (Å²) >= 11 is 0. The molecule has 0 aromatic carbocycles. The van der Waals surface area contributed by atoms with Crippen molar-refractivity contribution in [2.24, 2.45) is 11.3 Å². The molecule has 3 atom stereocenters. The highest BCUT2D eigenvalue weighted by molar-refractivity contribution is 5.60. The Hall–Kier alpha value is -0.410. The van der Waals surface area contributed by atoms with Crippen LogP contribution in [0.4, 0.5) is 0 Å². The molecular weight excluding hydrogens is 168 g/mol. The van der Waals surface area contributed by atoms with E-state index in [1.807, 2.05) is 6.92 Å². The molecule has 1 aliphatic carbocycles. The molecule has 0 bridgehead atoms. The van der Waals surface area contributed by atoms with Crippen LogP contribution in [0.25, 0.3) is 0 Å². The lowest BCUT2D eigenvalue weighted by molar-refractivity contribution is -0.120. The minimum Gasteiger partial charge on any atom is -0.394 e. The van der Waals surface area contributed by atoms with E-state index in [4.69, 9.17) is 5.11 Å². The molecular formula is C10H18O3. The van der Waals surface area contributed by atoms with Gasteiger partial charge in [0.15, 0.2) is 0 Å². The van der Waals surface area contributed by atoms with Crippen LogP contribution in [0.1, 0.15) is 32.6 Å². The Morgan fingerprint density at radius 1 is 1.69 bits per heavy atom. The van der Waals surface area contributed by atoms with Crippen molar-refractivity contribution < 1.29 is 15.0 Å². The van der Waals surface area contributed by atoms with Gasteiger partial charge in [0.25, 0.3) is 0 Å². The molecule has 0 aliphatic heterocycles. The molecule has 3 unspecified atom stereocenters. The third-order valence-corrected chi connectivity index (χ3v) is 3.32. The largest absolute Gasteiger partial charge is 0.394 e. The van der Waals surface area contributed by atoms with Crippen molar-refractivity contribution in [1.29, 1.82) is 0 Å². The summed E-state index contributed by atoms with van der Waals surface area (Å²) in [5.41, 5.74) is -0.373. The molecule has 1 aliphatic rings. The number of rotatable bonds is 4. The average Bonchev–Trinajstić information content (AvgIpc) is 2.48. The summed E-state index contributed by atoms with van der Waals surface area (Å²) < 4.78 is 0. The molecule has 3 nitrogen and oxygen atoms in total. The van der Waals surface area contributed by atoms with Gasteiger partial charge in [-0.25, -0.2) is 0 Å². The highest BCUT2D eigenvalue weighted by Gasteiger charge is 2.41. The van der Waals surface area contributed by atoms with Crippen LogP contribution in [0.5, 0.6) is 0 Å². The molecule has 76 valence electrons. The van der Waals surface area contributed by atoms with E-state index in [1.54, 1.807) is 0 Å². The highest BCUT2D eigenvalue weighted by atomic mass is 16.3. The molecule has 2 N–H and O–H groups in total. The SMILES string of the molecule is CC1CCCC1(C=O)CC(O)CO. The van der Waals surface area contributed by atoms with E-state index in [-0.39, 0.29) is 12.0 Å². The van der Waals surface area contributed by atoms with Crippen molar-refractivity contribution in [3.05, 3.63) is 0 Å². The maximum atomic E-state index is 11.0. The van der Waals surface area contributed by atoms with Gasteiger partial charge in [-0.3, -0.25) is 0 Å². The van der Waals surface area contributed by atoms with Crippen molar-refractivity contribution in [3.8, 4) is 0 Å². The van der Waals surface area contributed by atoms with Crippen LogP contribution >= 0.6 is 0 Å². The molecule has 0 aromatic heterocycles. The second kappa shape index (κ2) is 4.20. The van der Waals surface area contributed by atoms with Crippen LogP contribution < -0.4 is 0 Å². The van der Waals surface area contributed by atoms with Crippen LogP contribution in [0.15, 0.2) is 0 Å². The lowest BCUT2D eigenvalue weighted by atomic mass is 9.76. The van der Waals surface area contributed by atoms with Crippen molar-refractivity contribution >= 4 is 6.29 Å². The molecule has 0 spiro atoms. The van der Waals surface area contributed by atoms with Crippen LogP contribution in [0.2, 0.25) is 0 Å². The first kappa shape index (κ1) is 10.7. The average molecular weight is 186 g/mol. The van der Waals surface area contributed by atoms with Crippen LogP contribution in [0, 0.1) is 11.3 Å². The van der Waals surface area contributed by atoms with Crippen LogP contribution in [-0.4, -0.2) is 29.2 Å². The molecule has 0 saturated heterocycles. The van der Waals surface area contributed by atoms with Gasteiger partial charge in [0.1, 0.15) is 6.29 Å². The van der Waals surface area contributed by atoms with Gasteiger partial charge in [-0.05, 0) is 25.2 Å². The third-order valence-electron chi connectivity index (χ3n) is 3.32. The van der Waals surface area contributed by atoms with Crippen molar-refractivity contribution in [2.45, 2.75) is 38.7 Å². The third kappa shape index (κ3) is 2.09. The molecule has 1 saturated carbocycles. The summed E-state index contributed by atoms with van der Waals surface area (Å²) in [6.07, 6.45) is 3.60. The van der Waals surface area contributed by atoms with Gasteiger partial charge < -0.3 is 15.0 Å². The predicted molar refractivity (Wildman–Crippen MR) is 49.2 cm³/mol. The molecule has 0 amide bonds. The monoisotopic (exact) mass is 186 g/mol. The van der Waals surface area contributed by atoms with E-state index in [1.165, 1.54) is 0 Å². The Kier molecular flexibility index (Phi) is 3.45. The first-order chi connectivity index (χ1) is 6.14. The molecule has 0 aromatic rings.